The molecule has 2 aliphatic rings. The summed E-state index contributed by atoms with van der Waals surface area (Å²) in [4.78, 5) is 11.0. The first kappa shape index (κ1) is 10.0. The quantitative estimate of drug-likeness (QED) is 0.603. The molecule has 0 heterocycles. The Morgan fingerprint density at radius 2 is 2.00 bits per heavy atom. The van der Waals surface area contributed by atoms with Crippen molar-refractivity contribution in [2.45, 2.75) is 53.1 Å². The van der Waals surface area contributed by atoms with E-state index in [1.54, 1.807) is 0 Å². The largest absolute Gasteiger partial charge is 0.462 e. The summed E-state index contributed by atoms with van der Waals surface area (Å²) >= 11 is 0. The minimum Gasteiger partial charge on any atom is -0.462 e. The van der Waals surface area contributed by atoms with E-state index in [0.29, 0.717) is 5.41 Å². The van der Waals surface area contributed by atoms with Crippen molar-refractivity contribution in [1.82, 2.24) is 0 Å². The van der Waals surface area contributed by atoms with Gasteiger partial charge in [0.2, 0.25) is 0 Å². The fourth-order valence-electron chi connectivity index (χ4n) is 3.51. The lowest BCUT2D eigenvalue weighted by Crippen LogP contribution is -2.37. The van der Waals surface area contributed by atoms with Crippen LogP contribution in [0.2, 0.25) is 0 Å². The molecule has 0 radical (unpaired) electrons. The zero-order valence-electron chi connectivity index (χ0n) is 9.59. The van der Waals surface area contributed by atoms with Gasteiger partial charge in [-0.1, -0.05) is 20.8 Å². The number of carbonyl (C=O) groups is 1. The van der Waals surface area contributed by atoms with Gasteiger partial charge in [-0.15, -0.1) is 0 Å². The predicted molar refractivity (Wildman–Crippen MR) is 54.8 cm³/mol. The van der Waals surface area contributed by atoms with Crippen LogP contribution in [-0.2, 0) is 9.53 Å². The molecule has 0 amide bonds. The fourth-order valence-corrected chi connectivity index (χ4v) is 3.51. The second-order valence-electron chi connectivity index (χ2n) is 5.71. The number of fused-ring (bicyclic) bond motifs is 2. The van der Waals surface area contributed by atoms with Crippen LogP contribution in [0.5, 0.6) is 0 Å². The van der Waals surface area contributed by atoms with E-state index < -0.39 is 0 Å². The van der Waals surface area contributed by atoms with Crippen LogP contribution in [0.3, 0.4) is 0 Å². The first-order chi connectivity index (χ1) is 6.38. The Morgan fingerprint density at radius 3 is 2.36 bits per heavy atom. The van der Waals surface area contributed by atoms with Gasteiger partial charge in [0.25, 0.3) is 0 Å². The van der Waals surface area contributed by atoms with Crippen molar-refractivity contribution in [1.29, 1.82) is 0 Å². The molecule has 2 fully saturated rings. The highest BCUT2D eigenvalue weighted by Gasteiger charge is 2.62. The minimum absolute atomic E-state index is 0.125. The average Bonchev–Trinajstić information content (AvgIpc) is 2.35. The van der Waals surface area contributed by atoms with Gasteiger partial charge in [0.1, 0.15) is 6.10 Å². The van der Waals surface area contributed by atoms with Crippen LogP contribution in [0.1, 0.15) is 47.0 Å². The van der Waals surface area contributed by atoms with Crippen molar-refractivity contribution in [3.05, 3.63) is 0 Å². The standard InChI is InChI=1S/C12H20O2/c1-8(13)14-10-7-9-5-6-12(10,4)11(9,2)3/h9-10H,5-7H2,1-4H3/t9?,10?,12-/m1/s1. The monoisotopic (exact) mass is 196 g/mol. The Morgan fingerprint density at radius 1 is 1.36 bits per heavy atom. The van der Waals surface area contributed by atoms with Crippen molar-refractivity contribution < 1.29 is 9.53 Å². The second kappa shape index (κ2) is 2.74. The van der Waals surface area contributed by atoms with Crippen LogP contribution in [0.4, 0.5) is 0 Å². The van der Waals surface area contributed by atoms with Crippen LogP contribution in [0, 0.1) is 16.7 Å². The Kier molecular flexibility index (Phi) is 1.96. The molecule has 0 N–H and O–H groups in total. The molecule has 14 heavy (non-hydrogen) atoms. The molecular weight excluding hydrogens is 176 g/mol. The van der Waals surface area contributed by atoms with Crippen molar-refractivity contribution in [3.8, 4) is 0 Å². The van der Waals surface area contributed by atoms with Crippen molar-refractivity contribution in [2.75, 3.05) is 0 Å². The smallest absolute Gasteiger partial charge is 0.302 e. The van der Waals surface area contributed by atoms with Gasteiger partial charge in [0, 0.05) is 12.3 Å². The number of rotatable bonds is 1. The van der Waals surface area contributed by atoms with Gasteiger partial charge in [-0.2, -0.15) is 0 Å². The molecule has 2 bridgehead atoms. The molecule has 2 rings (SSSR count). The zero-order valence-corrected chi connectivity index (χ0v) is 9.59. The lowest BCUT2D eigenvalue weighted by Gasteiger charge is -2.38. The maximum atomic E-state index is 11.0. The highest BCUT2D eigenvalue weighted by molar-refractivity contribution is 5.66. The van der Waals surface area contributed by atoms with Gasteiger partial charge in [-0.05, 0) is 30.6 Å². The van der Waals surface area contributed by atoms with Gasteiger partial charge in [0.15, 0.2) is 0 Å². The molecule has 2 nitrogen and oxygen atoms in total. The molecule has 3 atom stereocenters. The van der Waals surface area contributed by atoms with E-state index in [-0.39, 0.29) is 17.5 Å². The van der Waals surface area contributed by atoms with Gasteiger partial charge >= 0.3 is 5.97 Å². The minimum atomic E-state index is -0.125. The van der Waals surface area contributed by atoms with E-state index >= 15 is 0 Å². The predicted octanol–water partition coefficient (Wildman–Crippen LogP) is 2.76. The number of hydrogen-bond acceptors (Lipinski definition) is 2. The highest BCUT2D eigenvalue weighted by Crippen LogP contribution is 2.66. The molecule has 0 spiro atoms. The summed E-state index contributed by atoms with van der Waals surface area (Å²) in [5.74, 6) is 0.622. The third kappa shape index (κ3) is 1.06. The normalized spacial score (nSPS) is 44.0. The Hall–Kier alpha value is -0.530. The molecule has 0 aromatic rings. The summed E-state index contributed by atoms with van der Waals surface area (Å²) in [6, 6.07) is 0. The van der Waals surface area contributed by atoms with Crippen molar-refractivity contribution >= 4 is 5.97 Å². The summed E-state index contributed by atoms with van der Waals surface area (Å²) in [6.07, 6.45) is 3.75. The third-order valence-corrected chi connectivity index (χ3v) is 5.02. The lowest BCUT2D eigenvalue weighted by molar-refractivity contribution is -0.154. The Labute approximate surface area is 86.0 Å². The van der Waals surface area contributed by atoms with E-state index in [1.165, 1.54) is 19.8 Å². The van der Waals surface area contributed by atoms with Gasteiger partial charge in [0.05, 0.1) is 0 Å². The van der Waals surface area contributed by atoms with Crippen LogP contribution in [0.15, 0.2) is 0 Å². The molecule has 0 aromatic heterocycles. The van der Waals surface area contributed by atoms with E-state index in [0.717, 1.165) is 12.3 Å². The van der Waals surface area contributed by atoms with E-state index in [4.69, 9.17) is 4.74 Å². The Bertz CT molecular complexity index is 269. The fraction of sp³-hybridized carbons (Fsp3) is 0.917. The van der Waals surface area contributed by atoms with E-state index in [1.807, 2.05) is 0 Å². The molecule has 0 saturated heterocycles. The molecule has 80 valence electrons. The molecular formula is C12H20O2. The van der Waals surface area contributed by atoms with Gasteiger partial charge < -0.3 is 4.74 Å². The topological polar surface area (TPSA) is 26.3 Å². The summed E-state index contributed by atoms with van der Waals surface area (Å²) in [7, 11) is 0. The van der Waals surface area contributed by atoms with Crippen molar-refractivity contribution in [3.63, 3.8) is 0 Å². The third-order valence-electron chi connectivity index (χ3n) is 5.02. The summed E-state index contributed by atoms with van der Waals surface area (Å²) < 4.78 is 5.44. The SMILES string of the molecule is CC(=O)OC1CC2CC[C@@]1(C)C2(C)C. The van der Waals surface area contributed by atoms with Crippen molar-refractivity contribution in [2.24, 2.45) is 16.7 Å². The summed E-state index contributed by atoms with van der Waals surface area (Å²) in [6.45, 7) is 8.46. The number of ether oxygens (including phenoxy) is 1. The number of hydrogen-bond donors (Lipinski definition) is 0. The van der Waals surface area contributed by atoms with Crippen LogP contribution >= 0.6 is 0 Å². The Balaban J connectivity index is 2.23. The average molecular weight is 196 g/mol. The second-order valence-corrected chi connectivity index (χ2v) is 5.71. The summed E-state index contributed by atoms with van der Waals surface area (Å²) in [5, 5.41) is 0. The molecule has 0 aromatic carbocycles. The zero-order chi connectivity index (χ0) is 10.6. The molecule has 2 aliphatic carbocycles. The van der Waals surface area contributed by atoms with E-state index in [9.17, 15) is 4.79 Å². The maximum absolute atomic E-state index is 11.0. The van der Waals surface area contributed by atoms with Gasteiger partial charge in [-0.25, -0.2) is 0 Å². The highest BCUT2D eigenvalue weighted by atomic mass is 16.5. The lowest BCUT2D eigenvalue weighted by atomic mass is 9.70. The molecule has 2 saturated carbocycles. The van der Waals surface area contributed by atoms with Gasteiger partial charge in [-0.3, -0.25) is 4.79 Å². The van der Waals surface area contributed by atoms with E-state index in [2.05, 4.69) is 20.8 Å². The van der Waals surface area contributed by atoms with Crippen LogP contribution in [0.25, 0.3) is 0 Å². The number of carbonyl (C=O) groups excluding carboxylic acids is 1. The number of esters is 1. The maximum Gasteiger partial charge on any atom is 0.302 e. The van der Waals surface area contributed by atoms with Crippen LogP contribution in [-0.4, -0.2) is 12.1 Å². The molecule has 2 heteroatoms. The first-order valence-corrected chi connectivity index (χ1v) is 5.55. The molecule has 0 aliphatic heterocycles. The first-order valence-electron chi connectivity index (χ1n) is 5.55. The molecule has 2 unspecified atom stereocenters. The van der Waals surface area contributed by atoms with Crippen LogP contribution < -0.4 is 0 Å². The summed E-state index contributed by atoms with van der Waals surface area (Å²) in [5.41, 5.74) is 0.552.